The Bertz CT molecular complexity index is 1250. The lowest BCUT2D eigenvalue weighted by Gasteiger charge is -2.39. The number of hydrogen-bond acceptors (Lipinski definition) is 7. The number of rotatable bonds is 6. The van der Waals surface area contributed by atoms with Gasteiger partial charge in [0.1, 0.15) is 16.9 Å². The van der Waals surface area contributed by atoms with E-state index >= 15 is 0 Å². The third-order valence-corrected chi connectivity index (χ3v) is 6.55. The lowest BCUT2D eigenvalue weighted by molar-refractivity contribution is -0.0963. The molecule has 2 atom stereocenters. The Hall–Kier alpha value is -2.82. The first-order valence-electron chi connectivity index (χ1n) is 11.9. The maximum atomic E-state index is 10.5. The van der Waals surface area contributed by atoms with Crippen LogP contribution in [0.15, 0.2) is 61.4 Å². The summed E-state index contributed by atoms with van der Waals surface area (Å²) in [6, 6.07) is 8.00. The molecular formula is C26H36N6O3. The predicted molar refractivity (Wildman–Crippen MR) is 135 cm³/mol. The average molecular weight is 481 g/mol. The van der Waals surface area contributed by atoms with Crippen LogP contribution in [0, 0.1) is 0 Å². The number of aliphatic hydroxyl groups excluding tert-OH is 1. The Morgan fingerprint density at radius 1 is 1.09 bits per heavy atom. The second kappa shape index (κ2) is 10.4. The molecule has 1 saturated heterocycles. The van der Waals surface area contributed by atoms with Crippen LogP contribution >= 0.6 is 0 Å². The number of ether oxygens (including phenoxy) is 1. The van der Waals surface area contributed by atoms with Gasteiger partial charge in [-0.05, 0) is 63.3 Å². The van der Waals surface area contributed by atoms with Crippen LogP contribution in [-0.2, 0) is 15.9 Å². The molecule has 9 nitrogen and oxygen atoms in total. The van der Waals surface area contributed by atoms with Crippen molar-refractivity contribution in [1.29, 1.82) is 0 Å². The van der Waals surface area contributed by atoms with Gasteiger partial charge in [0.2, 0.25) is 0 Å². The summed E-state index contributed by atoms with van der Waals surface area (Å²) in [6.45, 7) is 7.73. The van der Waals surface area contributed by atoms with Crippen LogP contribution in [0.4, 0.5) is 0 Å². The predicted octanol–water partition coefficient (Wildman–Crippen LogP) is 1.98. The van der Waals surface area contributed by atoms with E-state index in [9.17, 15) is 5.11 Å². The average Bonchev–Trinajstić information content (AvgIpc) is 3.47. The monoisotopic (exact) mass is 480 g/mol. The molecule has 9 heteroatoms. The summed E-state index contributed by atoms with van der Waals surface area (Å²) in [5.41, 5.74) is 2.63. The number of aliphatic hydroxyl groups is 2. The molecule has 4 aromatic heterocycles. The Morgan fingerprint density at radius 3 is 2.40 bits per heavy atom. The Labute approximate surface area is 206 Å². The molecule has 188 valence electrons. The van der Waals surface area contributed by atoms with Crippen molar-refractivity contribution in [2.24, 2.45) is 0 Å². The van der Waals surface area contributed by atoms with Crippen LogP contribution in [0.1, 0.15) is 25.0 Å². The number of likely N-dealkylation sites (N-methyl/N-ethyl adjacent to an activating group) is 2. The molecule has 1 aliphatic rings. The van der Waals surface area contributed by atoms with Crippen molar-refractivity contribution in [1.82, 2.24) is 28.6 Å². The third kappa shape index (κ3) is 5.88. The van der Waals surface area contributed by atoms with Gasteiger partial charge in [0.15, 0.2) is 0 Å². The van der Waals surface area contributed by atoms with E-state index < -0.39 is 5.60 Å². The quantitative estimate of drug-likeness (QED) is 0.436. The standard InChI is InChI=1S/C13H19N3O2.C13H17N3O/c1-13(18,10-15(2)7-8-17)11-3-5-16-6-4-14-12(16)9-11;1-13(10-15(2)7-8-17-13)11-3-5-16-6-4-14-12(16)9-11/h3-6,9,17-18H,7-8,10H2,1-2H3;3-6,9H,7-8,10H2,1-2H3. The van der Waals surface area contributed by atoms with Crippen LogP contribution in [0.5, 0.6) is 0 Å². The second-order valence-electron chi connectivity index (χ2n) is 9.77. The highest BCUT2D eigenvalue weighted by Gasteiger charge is 2.32. The van der Waals surface area contributed by atoms with Gasteiger partial charge in [-0.25, -0.2) is 9.97 Å². The van der Waals surface area contributed by atoms with Gasteiger partial charge < -0.3 is 33.6 Å². The zero-order valence-corrected chi connectivity index (χ0v) is 21.0. The van der Waals surface area contributed by atoms with Gasteiger partial charge in [0.05, 0.1) is 18.8 Å². The molecule has 0 spiro atoms. The Balaban J connectivity index is 0.000000165. The zero-order chi connectivity index (χ0) is 25.1. The van der Waals surface area contributed by atoms with E-state index in [1.165, 1.54) is 5.56 Å². The molecule has 0 saturated carbocycles. The summed E-state index contributed by atoms with van der Waals surface area (Å²) in [5.74, 6) is 0. The number of pyridine rings is 2. The molecule has 2 unspecified atom stereocenters. The van der Waals surface area contributed by atoms with Gasteiger partial charge in [-0.15, -0.1) is 0 Å². The number of imidazole rings is 2. The van der Waals surface area contributed by atoms with Gasteiger partial charge >= 0.3 is 0 Å². The van der Waals surface area contributed by atoms with E-state index in [4.69, 9.17) is 9.84 Å². The normalized spacial score (nSPS) is 20.7. The molecule has 35 heavy (non-hydrogen) atoms. The minimum atomic E-state index is -0.961. The molecule has 0 aliphatic carbocycles. The number of aromatic nitrogens is 4. The van der Waals surface area contributed by atoms with Crippen molar-refractivity contribution in [2.45, 2.75) is 25.0 Å². The summed E-state index contributed by atoms with van der Waals surface area (Å²) in [4.78, 5) is 12.7. The Morgan fingerprint density at radius 2 is 1.74 bits per heavy atom. The molecule has 5 rings (SSSR count). The smallest absolute Gasteiger partial charge is 0.137 e. The first-order valence-corrected chi connectivity index (χ1v) is 11.9. The molecule has 1 fully saturated rings. The largest absolute Gasteiger partial charge is 0.395 e. The molecule has 0 amide bonds. The molecule has 0 aromatic carbocycles. The van der Waals surface area contributed by atoms with Gasteiger partial charge in [-0.2, -0.15) is 0 Å². The van der Waals surface area contributed by atoms with Crippen molar-refractivity contribution < 1.29 is 14.9 Å². The van der Waals surface area contributed by atoms with Gasteiger partial charge in [-0.1, -0.05) is 0 Å². The highest BCUT2D eigenvalue weighted by Crippen LogP contribution is 2.29. The lowest BCUT2D eigenvalue weighted by Crippen LogP contribution is -2.46. The first kappa shape index (κ1) is 25.3. The topological polar surface area (TPSA) is 90.8 Å². The summed E-state index contributed by atoms with van der Waals surface area (Å²) in [7, 11) is 4.01. The summed E-state index contributed by atoms with van der Waals surface area (Å²) in [6.07, 6.45) is 11.3. The second-order valence-corrected chi connectivity index (χ2v) is 9.77. The van der Waals surface area contributed by atoms with E-state index in [2.05, 4.69) is 41.0 Å². The van der Waals surface area contributed by atoms with Crippen LogP contribution in [0.25, 0.3) is 11.3 Å². The van der Waals surface area contributed by atoms with Crippen LogP contribution in [0.2, 0.25) is 0 Å². The summed E-state index contributed by atoms with van der Waals surface area (Å²) >= 11 is 0. The number of nitrogens with zero attached hydrogens (tertiary/aromatic N) is 6. The maximum Gasteiger partial charge on any atom is 0.137 e. The zero-order valence-electron chi connectivity index (χ0n) is 21.0. The van der Waals surface area contributed by atoms with E-state index in [1.807, 2.05) is 63.9 Å². The number of hydrogen-bond donors (Lipinski definition) is 2. The molecular weight excluding hydrogens is 444 g/mol. The van der Waals surface area contributed by atoms with Crippen molar-refractivity contribution in [3.8, 4) is 0 Å². The summed E-state index contributed by atoms with van der Waals surface area (Å²) < 4.78 is 9.88. The minimum Gasteiger partial charge on any atom is -0.395 e. The molecule has 1 aliphatic heterocycles. The van der Waals surface area contributed by atoms with Gasteiger partial charge in [0.25, 0.3) is 0 Å². The van der Waals surface area contributed by atoms with Crippen LogP contribution in [-0.4, -0.2) is 92.3 Å². The van der Waals surface area contributed by atoms with E-state index in [0.29, 0.717) is 13.1 Å². The molecule has 2 N–H and O–H groups in total. The van der Waals surface area contributed by atoms with Crippen molar-refractivity contribution >= 4 is 11.3 Å². The van der Waals surface area contributed by atoms with Crippen molar-refractivity contribution in [2.75, 3.05) is 53.5 Å². The van der Waals surface area contributed by atoms with Crippen molar-refractivity contribution in [3.63, 3.8) is 0 Å². The maximum absolute atomic E-state index is 10.5. The fourth-order valence-corrected chi connectivity index (χ4v) is 4.59. The van der Waals surface area contributed by atoms with Gasteiger partial charge in [-0.3, -0.25) is 0 Å². The third-order valence-electron chi connectivity index (χ3n) is 6.55. The van der Waals surface area contributed by atoms with Gasteiger partial charge in [0, 0.05) is 63.4 Å². The van der Waals surface area contributed by atoms with Crippen molar-refractivity contribution in [3.05, 3.63) is 72.6 Å². The molecule has 4 aromatic rings. The Kier molecular flexibility index (Phi) is 7.53. The van der Waals surface area contributed by atoms with E-state index in [0.717, 1.165) is 36.6 Å². The van der Waals surface area contributed by atoms with E-state index in [-0.39, 0.29) is 12.2 Å². The molecule has 5 heterocycles. The highest BCUT2D eigenvalue weighted by atomic mass is 16.5. The van der Waals surface area contributed by atoms with E-state index in [1.54, 1.807) is 13.1 Å². The van der Waals surface area contributed by atoms with Crippen LogP contribution < -0.4 is 0 Å². The van der Waals surface area contributed by atoms with Crippen LogP contribution in [0.3, 0.4) is 0 Å². The SMILES string of the molecule is CN(CCO)CC(C)(O)c1ccn2ccnc2c1.CN1CCOC(C)(c2ccn3ccnc3c2)C1. The molecule has 0 radical (unpaired) electrons. The first-order chi connectivity index (χ1) is 16.7. The number of fused-ring (bicyclic) bond motifs is 2. The number of morpholine rings is 1. The summed E-state index contributed by atoms with van der Waals surface area (Å²) in [5, 5.41) is 19.4. The fraction of sp³-hybridized carbons (Fsp3) is 0.462. The fourth-order valence-electron chi connectivity index (χ4n) is 4.59. The minimum absolute atomic E-state index is 0.0892. The molecule has 0 bridgehead atoms. The lowest BCUT2D eigenvalue weighted by atomic mass is 9.95. The highest BCUT2D eigenvalue weighted by molar-refractivity contribution is 5.44.